The highest BCUT2D eigenvalue weighted by atomic mass is 127. The molecule has 0 N–H and O–H groups in total. The van der Waals surface area contributed by atoms with Crippen molar-refractivity contribution in [3.05, 3.63) is 45.0 Å². The van der Waals surface area contributed by atoms with Gasteiger partial charge in [-0.05, 0) is 51.9 Å². The normalized spacial score (nSPS) is 10.5. The Labute approximate surface area is 113 Å². The second kappa shape index (κ2) is 5.01. The van der Waals surface area contributed by atoms with Crippen LogP contribution in [0.4, 0.5) is 0 Å². The largest absolute Gasteiger partial charge is 0.373 e. The average Bonchev–Trinajstić information content (AvgIpc) is 2.33. The highest BCUT2D eigenvalue weighted by molar-refractivity contribution is 14.1. The molecule has 0 aliphatic rings. The fourth-order valence-corrected chi connectivity index (χ4v) is 2.38. The first-order valence-electron chi connectivity index (χ1n) is 5.08. The molecule has 0 saturated carbocycles. The van der Waals surface area contributed by atoms with Crippen LogP contribution < -0.4 is 0 Å². The van der Waals surface area contributed by atoms with E-state index in [4.69, 9.17) is 0 Å². The Morgan fingerprint density at radius 1 is 1.18 bits per heavy atom. The van der Waals surface area contributed by atoms with Crippen LogP contribution in [-0.2, 0) is 9.78 Å². The maximum Gasteiger partial charge on any atom is 0.373 e. The van der Waals surface area contributed by atoms with Gasteiger partial charge in [-0.1, -0.05) is 24.3 Å². The van der Waals surface area contributed by atoms with Gasteiger partial charge in [0, 0.05) is 3.57 Å². The minimum absolute atomic E-state index is 0.474. The molecule has 0 radical (unpaired) electrons. The Kier molecular flexibility index (Phi) is 3.63. The molecule has 88 valence electrons. The maximum atomic E-state index is 11.7. The highest BCUT2D eigenvalue weighted by Gasteiger charge is 2.13. The molecule has 3 nitrogen and oxygen atoms in total. The van der Waals surface area contributed by atoms with E-state index in [0.717, 1.165) is 14.3 Å². The molecule has 2 rings (SSSR count). The van der Waals surface area contributed by atoms with Crippen LogP contribution in [0.25, 0.3) is 10.8 Å². The molecule has 0 spiro atoms. The lowest BCUT2D eigenvalue weighted by Crippen LogP contribution is -2.05. The van der Waals surface area contributed by atoms with E-state index >= 15 is 0 Å². The van der Waals surface area contributed by atoms with E-state index in [-0.39, 0.29) is 0 Å². The zero-order valence-electron chi connectivity index (χ0n) is 9.49. The SMILES string of the molecule is COOC(=O)c1cccc2c(I)c(C)ccc12. The molecule has 0 fully saturated rings. The Morgan fingerprint density at radius 3 is 2.65 bits per heavy atom. The van der Waals surface area contributed by atoms with Crippen LogP contribution in [0.15, 0.2) is 30.3 Å². The van der Waals surface area contributed by atoms with Crippen molar-refractivity contribution in [3.8, 4) is 0 Å². The van der Waals surface area contributed by atoms with E-state index in [9.17, 15) is 4.79 Å². The lowest BCUT2D eigenvalue weighted by molar-refractivity contribution is -0.216. The summed E-state index contributed by atoms with van der Waals surface area (Å²) in [6.07, 6.45) is 0. The van der Waals surface area contributed by atoms with Crippen LogP contribution >= 0.6 is 22.6 Å². The van der Waals surface area contributed by atoms with Crippen molar-refractivity contribution in [2.45, 2.75) is 6.92 Å². The third-order valence-corrected chi connectivity index (χ3v) is 4.00. The van der Waals surface area contributed by atoms with E-state index in [0.29, 0.717) is 5.56 Å². The Hall–Kier alpha value is -1.14. The third-order valence-electron chi connectivity index (χ3n) is 2.57. The second-order valence-electron chi connectivity index (χ2n) is 3.63. The number of aryl methyl sites for hydroxylation is 1. The number of carbonyl (C=O) groups excluding carboxylic acids is 1. The van der Waals surface area contributed by atoms with Crippen LogP contribution in [0, 0.1) is 10.5 Å². The Balaban J connectivity index is 2.66. The first-order chi connectivity index (χ1) is 8.15. The highest BCUT2D eigenvalue weighted by Crippen LogP contribution is 2.26. The van der Waals surface area contributed by atoms with E-state index in [1.807, 2.05) is 31.2 Å². The number of rotatable bonds is 2. The molecule has 2 aromatic carbocycles. The topological polar surface area (TPSA) is 35.5 Å². The summed E-state index contributed by atoms with van der Waals surface area (Å²) in [6, 6.07) is 9.49. The van der Waals surface area contributed by atoms with Gasteiger partial charge in [-0.25, -0.2) is 4.79 Å². The van der Waals surface area contributed by atoms with Gasteiger partial charge in [0.1, 0.15) is 0 Å². The van der Waals surface area contributed by atoms with Crippen molar-refractivity contribution < 1.29 is 14.6 Å². The van der Waals surface area contributed by atoms with E-state index in [1.165, 1.54) is 12.7 Å². The van der Waals surface area contributed by atoms with Gasteiger partial charge in [0.2, 0.25) is 0 Å². The summed E-state index contributed by atoms with van der Waals surface area (Å²) in [7, 11) is 1.32. The molecule has 0 aliphatic heterocycles. The van der Waals surface area contributed by atoms with Gasteiger partial charge in [0.05, 0.1) is 12.7 Å². The van der Waals surface area contributed by atoms with Crippen LogP contribution in [0.5, 0.6) is 0 Å². The molecule has 0 heterocycles. The maximum absolute atomic E-state index is 11.7. The van der Waals surface area contributed by atoms with Crippen LogP contribution in [0.2, 0.25) is 0 Å². The van der Waals surface area contributed by atoms with Gasteiger partial charge in [-0.3, -0.25) is 4.89 Å². The van der Waals surface area contributed by atoms with Gasteiger partial charge in [-0.2, -0.15) is 4.89 Å². The molecule has 0 saturated heterocycles. The Morgan fingerprint density at radius 2 is 1.94 bits per heavy atom. The van der Waals surface area contributed by atoms with Crippen LogP contribution in [-0.4, -0.2) is 13.1 Å². The van der Waals surface area contributed by atoms with Gasteiger partial charge < -0.3 is 0 Å². The summed E-state index contributed by atoms with van der Waals surface area (Å²) < 4.78 is 1.15. The predicted octanol–water partition coefficient (Wildman–Crippen LogP) is 3.47. The number of benzene rings is 2. The van der Waals surface area contributed by atoms with Gasteiger partial charge in [0.15, 0.2) is 0 Å². The quantitative estimate of drug-likeness (QED) is 0.476. The minimum Gasteiger partial charge on any atom is -0.293 e. The molecule has 0 atom stereocenters. The summed E-state index contributed by atoms with van der Waals surface area (Å²) in [4.78, 5) is 20.7. The summed E-state index contributed by atoms with van der Waals surface area (Å²) in [5.41, 5.74) is 1.71. The van der Waals surface area contributed by atoms with E-state index in [2.05, 4.69) is 32.4 Å². The molecule has 2 aromatic rings. The first kappa shape index (κ1) is 12.3. The summed E-state index contributed by atoms with van der Waals surface area (Å²) in [6.45, 7) is 2.04. The van der Waals surface area contributed by atoms with Gasteiger partial charge in [0.25, 0.3) is 0 Å². The van der Waals surface area contributed by atoms with Crippen LogP contribution in [0.1, 0.15) is 15.9 Å². The summed E-state index contributed by atoms with van der Waals surface area (Å²) in [5.74, 6) is -0.474. The first-order valence-corrected chi connectivity index (χ1v) is 6.16. The third kappa shape index (κ3) is 2.28. The standard InChI is InChI=1S/C13H11IO3/c1-8-6-7-9-10(12(8)14)4-3-5-11(9)13(15)17-16-2/h3-7H,1-2H3. The lowest BCUT2D eigenvalue weighted by Gasteiger charge is -2.08. The fourth-order valence-electron chi connectivity index (χ4n) is 1.73. The van der Waals surface area contributed by atoms with Crippen molar-refractivity contribution in [2.24, 2.45) is 0 Å². The van der Waals surface area contributed by atoms with E-state index < -0.39 is 5.97 Å². The minimum atomic E-state index is -0.474. The predicted molar refractivity (Wildman–Crippen MR) is 73.8 cm³/mol. The molecule has 0 unspecified atom stereocenters. The number of carbonyl (C=O) groups is 1. The molecule has 0 aliphatic carbocycles. The zero-order valence-corrected chi connectivity index (χ0v) is 11.6. The van der Waals surface area contributed by atoms with Gasteiger partial charge in [-0.15, -0.1) is 0 Å². The number of hydrogen-bond donors (Lipinski definition) is 0. The molecule has 4 heteroatoms. The molecular weight excluding hydrogens is 331 g/mol. The van der Waals surface area contributed by atoms with Gasteiger partial charge >= 0.3 is 5.97 Å². The van der Waals surface area contributed by atoms with E-state index in [1.54, 1.807) is 6.07 Å². The second-order valence-corrected chi connectivity index (χ2v) is 4.71. The zero-order chi connectivity index (χ0) is 12.4. The summed E-state index contributed by atoms with van der Waals surface area (Å²) >= 11 is 2.28. The lowest BCUT2D eigenvalue weighted by atomic mass is 10.0. The Bertz CT molecular complexity index is 578. The molecular formula is C13H11IO3. The molecule has 17 heavy (non-hydrogen) atoms. The average molecular weight is 342 g/mol. The molecule has 0 amide bonds. The van der Waals surface area contributed by atoms with Crippen LogP contribution in [0.3, 0.4) is 0 Å². The van der Waals surface area contributed by atoms with Crippen molar-refractivity contribution in [2.75, 3.05) is 7.11 Å². The number of halogens is 1. The molecule has 0 bridgehead atoms. The van der Waals surface area contributed by atoms with Crippen molar-refractivity contribution >= 4 is 39.3 Å². The molecule has 0 aromatic heterocycles. The monoisotopic (exact) mass is 342 g/mol. The number of fused-ring (bicyclic) bond motifs is 1. The fraction of sp³-hybridized carbons (Fsp3) is 0.154. The van der Waals surface area contributed by atoms with Crippen molar-refractivity contribution in [1.82, 2.24) is 0 Å². The number of hydrogen-bond acceptors (Lipinski definition) is 3. The smallest absolute Gasteiger partial charge is 0.293 e. The van der Waals surface area contributed by atoms with Crippen molar-refractivity contribution in [1.29, 1.82) is 0 Å². The van der Waals surface area contributed by atoms with Crippen molar-refractivity contribution in [3.63, 3.8) is 0 Å². The summed E-state index contributed by atoms with van der Waals surface area (Å²) in [5, 5.41) is 1.93.